The van der Waals surface area contributed by atoms with E-state index in [1.54, 1.807) is 9.42 Å². The van der Waals surface area contributed by atoms with Crippen molar-refractivity contribution < 1.29 is 14.3 Å². The van der Waals surface area contributed by atoms with Crippen LogP contribution in [0.2, 0.25) is 0 Å². The van der Waals surface area contributed by atoms with Gasteiger partial charge in [-0.3, -0.25) is 0 Å². The predicted molar refractivity (Wildman–Crippen MR) is 158 cm³/mol. The van der Waals surface area contributed by atoms with Crippen LogP contribution in [0.1, 0.15) is 51.3 Å². The van der Waals surface area contributed by atoms with Crippen LogP contribution < -0.4 is 10.1 Å². The summed E-state index contributed by atoms with van der Waals surface area (Å²) in [7, 11) is 0. The lowest BCUT2D eigenvalue weighted by Gasteiger charge is -2.26. The highest BCUT2D eigenvalue weighted by Gasteiger charge is 2.24. The zero-order valence-electron chi connectivity index (χ0n) is 24.3. The van der Waals surface area contributed by atoms with E-state index in [2.05, 4.69) is 62.5 Å². The highest BCUT2D eigenvalue weighted by Crippen LogP contribution is 2.34. The number of hydrogen-bond donors (Lipinski definition) is 1. The molecule has 0 spiro atoms. The summed E-state index contributed by atoms with van der Waals surface area (Å²) in [6, 6.07) is 16.6. The van der Waals surface area contributed by atoms with Crippen molar-refractivity contribution in [2.24, 2.45) is 5.92 Å². The van der Waals surface area contributed by atoms with Crippen LogP contribution in [0.4, 0.5) is 16.4 Å². The third-order valence-corrected chi connectivity index (χ3v) is 6.78. The third kappa shape index (κ3) is 6.38. The molecular formula is C32H39N5O3. The molecule has 210 valence electrons. The average Bonchev–Trinajstić information content (AvgIpc) is 3.17. The lowest BCUT2D eigenvalue weighted by molar-refractivity contribution is 0.0258. The number of aromatic nitrogens is 3. The fraction of sp³-hybridized carbons (Fsp3) is 0.406. The van der Waals surface area contributed by atoms with Crippen LogP contribution in [0.15, 0.2) is 54.7 Å². The number of rotatable bonds is 6. The molecule has 2 aromatic carbocycles. The number of nitrogens with zero attached hydrogens (tertiary/aromatic N) is 4. The molecule has 8 heteroatoms. The molecule has 0 saturated carbocycles. The first-order valence-electron chi connectivity index (χ1n) is 14.0. The van der Waals surface area contributed by atoms with Gasteiger partial charge in [0.15, 0.2) is 5.65 Å². The van der Waals surface area contributed by atoms with E-state index in [0.29, 0.717) is 31.6 Å². The Kier molecular flexibility index (Phi) is 7.70. The summed E-state index contributed by atoms with van der Waals surface area (Å²) < 4.78 is 13.6. The molecule has 0 atom stereocenters. The van der Waals surface area contributed by atoms with Crippen LogP contribution in [0.5, 0.6) is 5.75 Å². The van der Waals surface area contributed by atoms with E-state index in [0.717, 1.165) is 46.6 Å². The molecule has 0 unspecified atom stereocenters. The summed E-state index contributed by atoms with van der Waals surface area (Å²) >= 11 is 0. The van der Waals surface area contributed by atoms with E-state index in [1.807, 2.05) is 39.1 Å². The van der Waals surface area contributed by atoms with Crippen LogP contribution in [0, 0.1) is 12.8 Å². The zero-order chi connectivity index (χ0) is 28.4. The van der Waals surface area contributed by atoms with E-state index in [9.17, 15) is 4.79 Å². The highest BCUT2D eigenvalue weighted by molar-refractivity contribution is 5.82. The largest absolute Gasteiger partial charge is 0.493 e. The molecule has 0 bridgehead atoms. The number of hydrogen-bond acceptors (Lipinski definition) is 6. The summed E-state index contributed by atoms with van der Waals surface area (Å²) in [6.45, 7) is 14.0. The Balaban J connectivity index is 1.37. The summed E-state index contributed by atoms with van der Waals surface area (Å²) in [5.74, 6) is 1.80. The number of carbonyl (C=O) groups excluding carboxylic acids is 1. The standard InChI is InChI=1S/C32H39N5O3/c1-21(2)20-39-28-18-22(3)9-12-26(28)27-8-7-15-37-29(27)34-30(35-37)33-25-11-10-23-13-16-36(17-14-24(23)19-25)31(38)40-32(4,5)6/h7-12,15,18-19,21H,13-14,16-17,20H2,1-6H3,(H,33,35). The van der Waals surface area contributed by atoms with Crippen molar-refractivity contribution in [3.05, 3.63) is 71.4 Å². The molecule has 1 amide bonds. The Morgan fingerprint density at radius 2 is 1.80 bits per heavy atom. The normalized spacial score (nSPS) is 13.7. The number of ether oxygens (including phenoxy) is 2. The van der Waals surface area contributed by atoms with Gasteiger partial charge in [0.2, 0.25) is 5.95 Å². The quantitative estimate of drug-likeness (QED) is 0.289. The summed E-state index contributed by atoms with van der Waals surface area (Å²) in [6.07, 6.45) is 3.21. The molecule has 40 heavy (non-hydrogen) atoms. The van der Waals surface area contributed by atoms with Crippen molar-refractivity contribution in [2.45, 2.75) is 60.0 Å². The van der Waals surface area contributed by atoms with E-state index in [1.165, 1.54) is 11.1 Å². The van der Waals surface area contributed by atoms with Gasteiger partial charge in [-0.2, -0.15) is 4.98 Å². The SMILES string of the molecule is Cc1ccc(-c2cccn3nc(Nc4ccc5c(c4)CCN(C(=O)OC(C)(C)C)CC5)nc23)c(OCC(C)C)c1. The summed E-state index contributed by atoms with van der Waals surface area (Å²) in [5, 5.41) is 8.09. The van der Waals surface area contributed by atoms with Crippen molar-refractivity contribution in [1.82, 2.24) is 19.5 Å². The Morgan fingerprint density at radius 3 is 2.55 bits per heavy atom. The Morgan fingerprint density at radius 1 is 1.02 bits per heavy atom. The molecule has 3 heterocycles. The number of carbonyl (C=O) groups is 1. The molecule has 0 radical (unpaired) electrons. The molecule has 0 saturated heterocycles. The summed E-state index contributed by atoms with van der Waals surface area (Å²) in [5.41, 5.74) is 6.74. The minimum atomic E-state index is -0.504. The molecule has 0 fully saturated rings. The van der Waals surface area contributed by atoms with E-state index in [4.69, 9.17) is 19.6 Å². The fourth-order valence-electron chi connectivity index (χ4n) is 4.84. The number of fused-ring (bicyclic) bond motifs is 2. The van der Waals surface area contributed by atoms with Crippen molar-refractivity contribution in [1.29, 1.82) is 0 Å². The van der Waals surface area contributed by atoms with Gasteiger partial charge in [-0.1, -0.05) is 32.0 Å². The van der Waals surface area contributed by atoms with Gasteiger partial charge in [0.1, 0.15) is 11.4 Å². The number of nitrogens with one attached hydrogen (secondary N) is 1. The number of aryl methyl sites for hydroxylation is 1. The zero-order valence-corrected chi connectivity index (χ0v) is 24.3. The second-order valence-electron chi connectivity index (χ2n) is 11.9. The minimum absolute atomic E-state index is 0.255. The Labute approximate surface area is 236 Å². The Bertz CT molecular complexity index is 1520. The van der Waals surface area contributed by atoms with Crippen molar-refractivity contribution in [2.75, 3.05) is 25.0 Å². The molecular weight excluding hydrogens is 502 g/mol. The number of pyridine rings is 1. The number of amides is 1. The number of anilines is 2. The maximum absolute atomic E-state index is 12.6. The van der Waals surface area contributed by atoms with Crippen LogP contribution in [-0.2, 0) is 17.6 Å². The molecule has 8 nitrogen and oxygen atoms in total. The highest BCUT2D eigenvalue weighted by atomic mass is 16.6. The topological polar surface area (TPSA) is 81.0 Å². The Hall–Kier alpha value is -4.07. The fourth-order valence-corrected chi connectivity index (χ4v) is 4.84. The van der Waals surface area contributed by atoms with Gasteiger partial charge in [0.05, 0.1) is 6.61 Å². The molecule has 0 aliphatic carbocycles. The van der Waals surface area contributed by atoms with Gasteiger partial charge in [0.25, 0.3) is 0 Å². The second kappa shape index (κ2) is 11.2. The maximum Gasteiger partial charge on any atom is 0.410 e. The van der Waals surface area contributed by atoms with Crippen LogP contribution in [-0.4, -0.2) is 50.9 Å². The van der Waals surface area contributed by atoms with Crippen molar-refractivity contribution in [3.8, 4) is 16.9 Å². The van der Waals surface area contributed by atoms with Crippen LogP contribution >= 0.6 is 0 Å². The first kappa shape index (κ1) is 27.5. The maximum atomic E-state index is 12.6. The second-order valence-corrected chi connectivity index (χ2v) is 11.9. The van der Waals surface area contributed by atoms with Crippen molar-refractivity contribution >= 4 is 23.4 Å². The van der Waals surface area contributed by atoms with E-state index in [-0.39, 0.29) is 6.09 Å². The van der Waals surface area contributed by atoms with Gasteiger partial charge in [-0.25, -0.2) is 9.31 Å². The van der Waals surface area contributed by atoms with Gasteiger partial charge >= 0.3 is 6.09 Å². The van der Waals surface area contributed by atoms with Gasteiger partial charge in [-0.15, -0.1) is 5.10 Å². The third-order valence-electron chi connectivity index (χ3n) is 6.78. The monoisotopic (exact) mass is 541 g/mol. The van der Waals surface area contributed by atoms with Crippen LogP contribution in [0.25, 0.3) is 16.8 Å². The molecule has 1 aliphatic heterocycles. The molecule has 5 rings (SSSR count). The van der Waals surface area contributed by atoms with Gasteiger partial charge < -0.3 is 19.7 Å². The van der Waals surface area contributed by atoms with E-state index >= 15 is 0 Å². The minimum Gasteiger partial charge on any atom is -0.493 e. The number of benzene rings is 2. The molecule has 2 aromatic heterocycles. The van der Waals surface area contributed by atoms with Gasteiger partial charge in [-0.05, 0) is 93.5 Å². The molecule has 1 aliphatic rings. The van der Waals surface area contributed by atoms with Crippen LogP contribution in [0.3, 0.4) is 0 Å². The first-order chi connectivity index (χ1) is 19.1. The average molecular weight is 542 g/mol. The summed E-state index contributed by atoms with van der Waals surface area (Å²) in [4.78, 5) is 19.3. The molecule has 1 N–H and O–H groups in total. The molecule has 4 aromatic rings. The lowest BCUT2D eigenvalue weighted by atomic mass is 10.0. The first-order valence-corrected chi connectivity index (χ1v) is 14.0. The van der Waals surface area contributed by atoms with E-state index < -0.39 is 5.60 Å². The lowest BCUT2D eigenvalue weighted by Crippen LogP contribution is -2.38. The van der Waals surface area contributed by atoms with Gasteiger partial charge in [0, 0.05) is 36.1 Å². The smallest absolute Gasteiger partial charge is 0.410 e. The predicted octanol–water partition coefficient (Wildman–Crippen LogP) is 6.82. The van der Waals surface area contributed by atoms with Crippen molar-refractivity contribution in [3.63, 3.8) is 0 Å².